The number of benzene rings is 2. The molecule has 216 valence electrons. The summed E-state index contributed by atoms with van der Waals surface area (Å²) in [6, 6.07) is 8.05. The van der Waals surface area contributed by atoms with E-state index in [1.807, 2.05) is 0 Å². The lowest BCUT2D eigenvalue weighted by Gasteiger charge is -2.32. The highest BCUT2D eigenvalue weighted by Gasteiger charge is 2.53. The third-order valence-electron chi connectivity index (χ3n) is 7.72. The molecule has 1 saturated carbocycles. The van der Waals surface area contributed by atoms with Gasteiger partial charge in [-0.05, 0) is 74.1 Å². The summed E-state index contributed by atoms with van der Waals surface area (Å²) in [6.45, 7) is 0.166. The van der Waals surface area contributed by atoms with Gasteiger partial charge in [0.25, 0.3) is 18.2 Å². The smallest absolute Gasteiger partial charge is 0.281 e. The van der Waals surface area contributed by atoms with E-state index in [0.717, 1.165) is 30.5 Å². The van der Waals surface area contributed by atoms with Crippen LogP contribution in [0.5, 0.6) is 5.75 Å². The number of aromatic nitrogens is 1. The van der Waals surface area contributed by atoms with Gasteiger partial charge in [-0.3, -0.25) is 14.6 Å². The lowest BCUT2D eigenvalue weighted by Crippen LogP contribution is -2.45. The van der Waals surface area contributed by atoms with Gasteiger partial charge >= 0.3 is 0 Å². The van der Waals surface area contributed by atoms with E-state index in [4.69, 9.17) is 16.3 Å². The molecule has 0 spiro atoms. The van der Waals surface area contributed by atoms with Gasteiger partial charge in [0, 0.05) is 29.9 Å². The Kier molecular flexibility index (Phi) is 7.93. The predicted octanol–water partition coefficient (Wildman–Crippen LogP) is 5.53. The number of anilines is 1. The summed E-state index contributed by atoms with van der Waals surface area (Å²) < 4.78 is 61.1. The maximum atomic E-state index is 15.0. The fourth-order valence-electron chi connectivity index (χ4n) is 5.62. The standard InChI is InChI=1S/C29H26ClF4N3O4/c1-41-19-7-8-23(32)21(12-19)29(40)22-11-17(31)4-9-24(22)37(28(29)39)14-15-2-5-18(6-3-15)36-27(38)20-10-16(30)13-35-25(20)26(33)34/h4,7-13,15,18,26,40H,2-3,5-6,14H2,1H3,(H,36,38). The van der Waals surface area contributed by atoms with E-state index in [-0.39, 0.29) is 51.7 Å². The third-order valence-corrected chi connectivity index (χ3v) is 7.92. The van der Waals surface area contributed by atoms with Gasteiger partial charge in [0.1, 0.15) is 23.1 Å². The number of nitrogens with zero attached hydrogens (tertiary/aromatic N) is 2. The van der Waals surface area contributed by atoms with Crippen molar-refractivity contribution in [1.29, 1.82) is 0 Å². The van der Waals surface area contributed by atoms with Crippen LogP contribution in [0.15, 0.2) is 48.7 Å². The molecule has 1 unspecified atom stereocenters. The van der Waals surface area contributed by atoms with Crippen LogP contribution in [0.3, 0.4) is 0 Å². The molecule has 0 radical (unpaired) electrons. The second-order valence-corrected chi connectivity index (χ2v) is 10.6. The fraction of sp³-hybridized carbons (Fsp3) is 0.345. The second-order valence-electron chi connectivity index (χ2n) is 10.2. The summed E-state index contributed by atoms with van der Waals surface area (Å²) >= 11 is 5.86. The number of halogens is 5. The number of rotatable bonds is 7. The Morgan fingerprint density at radius 3 is 2.56 bits per heavy atom. The van der Waals surface area contributed by atoms with Gasteiger partial charge in [0.05, 0.1) is 23.4 Å². The van der Waals surface area contributed by atoms with Crippen molar-refractivity contribution in [2.24, 2.45) is 5.92 Å². The van der Waals surface area contributed by atoms with Gasteiger partial charge in [-0.1, -0.05) is 11.6 Å². The Labute approximate surface area is 238 Å². The number of methoxy groups -OCH3 is 1. The van der Waals surface area contributed by atoms with Crippen molar-refractivity contribution >= 4 is 29.1 Å². The van der Waals surface area contributed by atoms with Crippen LogP contribution in [-0.4, -0.2) is 41.6 Å². The molecule has 2 aliphatic rings. The van der Waals surface area contributed by atoms with Crippen molar-refractivity contribution in [1.82, 2.24) is 10.3 Å². The van der Waals surface area contributed by atoms with E-state index in [1.54, 1.807) is 0 Å². The van der Waals surface area contributed by atoms with Gasteiger partial charge in [-0.2, -0.15) is 0 Å². The summed E-state index contributed by atoms with van der Waals surface area (Å²) in [5, 5.41) is 14.5. The number of hydrogen-bond acceptors (Lipinski definition) is 5. The molecule has 1 fully saturated rings. The fourth-order valence-corrected chi connectivity index (χ4v) is 5.78. The number of amides is 2. The molecule has 1 aliphatic heterocycles. The number of carbonyl (C=O) groups is 2. The quantitative estimate of drug-likeness (QED) is 0.353. The van der Waals surface area contributed by atoms with E-state index in [2.05, 4.69) is 10.3 Å². The summed E-state index contributed by atoms with van der Waals surface area (Å²) in [6.07, 6.45) is 0.241. The highest BCUT2D eigenvalue weighted by molar-refractivity contribution is 6.30. The molecule has 2 amide bonds. The minimum atomic E-state index is -2.94. The van der Waals surface area contributed by atoms with E-state index < -0.39 is 41.2 Å². The molecule has 7 nitrogen and oxygen atoms in total. The molecular weight excluding hydrogens is 566 g/mol. The third kappa shape index (κ3) is 5.36. The zero-order valence-electron chi connectivity index (χ0n) is 21.8. The highest BCUT2D eigenvalue weighted by atomic mass is 35.5. The van der Waals surface area contributed by atoms with Crippen molar-refractivity contribution in [2.45, 2.75) is 43.8 Å². The number of aliphatic hydroxyl groups is 1. The largest absolute Gasteiger partial charge is 0.497 e. The zero-order valence-corrected chi connectivity index (χ0v) is 22.6. The molecule has 41 heavy (non-hydrogen) atoms. The molecule has 0 bridgehead atoms. The number of fused-ring (bicyclic) bond motifs is 1. The molecule has 2 aromatic carbocycles. The van der Waals surface area contributed by atoms with E-state index >= 15 is 0 Å². The Morgan fingerprint density at radius 2 is 1.88 bits per heavy atom. The predicted molar refractivity (Wildman–Crippen MR) is 142 cm³/mol. The summed E-state index contributed by atoms with van der Waals surface area (Å²) in [5.74, 6) is -2.90. The van der Waals surface area contributed by atoms with Crippen molar-refractivity contribution in [3.8, 4) is 5.75 Å². The highest BCUT2D eigenvalue weighted by Crippen LogP contribution is 2.47. The van der Waals surface area contributed by atoms with E-state index in [0.29, 0.717) is 25.7 Å². The van der Waals surface area contributed by atoms with Crippen LogP contribution in [0.2, 0.25) is 5.02 Å². The Balaban J connectivity index is 1.31. The SMILES string of the molecule is COc1ccc(F)c(C2(O)C(=O)N(CC3CCC(NC(=O)c4cc(Cl)cnc4C(F)F)CC3)c3ccc(F)cc32)c1. The number of hydrogen-bond donors (Lipinski definition) is 2. The monoisotopic (exact) mass is 591 g/mol. The minimum absolute atomic E-state index is 0.0625. The molecule has 5 rings (SSSR count). The van der Waals surface area contributed by atoms with E-state index in [9.17, 15) is 32.3 Å². The van der Waals surface area contributed by atoms with Gasteiger partial charge in [0.15, 0.2) is 5.60 Å². The summed E-state index contributed by atoms with van der Waals surface area (Å²) in [7, 11) is 1.36. The Morgan fingerprint density at radius 1 is 1.15 bits per heavy atom. The average molecular weight is 592 g/mol. The molecule has 1 aliphatic carbocycles. The van der Waals surface area contributed by atoms with Crippen molar-refractivity contribution in [2.75, 3.05) is 18.6 Å². The Hall–Kier alpha value is -3.70. The van der Waals surface area contributed by atoms with Gasteiger partial charge < -0.3 is 20.1 Å². The first kappa shape index (κ1) is 28.8. The molecule has 3 aromatic rings. The maximum absolute atomic E-state index is 15.0. The summed E-state index contributed by atoms with van der Waals surface area (Å²) in [4.78, 5) is 31.4. The topological polar surface area (TPSA) is 91.8 Å². The van der Waals surface area contributed by atoms with Crippen LogP contribution in [0.25, 0.3) is 0 Å². The first-order valence-electron chi connectivity index (χ1n) is 13.0. The molecule has 2 N–H and O–H groups in total. The minimum Gasteiger partial charge on any atom is -0.497 e. The number of pyridine rings is 1. The van der Waals surface area contributed by atoms with Gasteiger partial charge in [-0.15, -0.1) is 0 Å². The van der Waals surface area contributed by atoms with Gasteiger partial charge in [0.2, 0.25) is 0 Å². The normalized spacial score (nSPS) is 22.1. The van der Waals surface area contributed by atoms with Crippen molar-refractivity contribution in [3.05, 3.63) is 87.7 Å². The molecule has 0 saturated heterocycles. The average Bonchev–Trinajstić information content (AvgIpc) is 3.15. The molecule has 1 aromatic heterocycles. The first-order chi connectivity index (χ1) is 19.5. The zero-order chi connectivity index (χ0) is 29.5. The number of carbonyl (C=O) groups excluding carboxylic acids is 2. The van der Waals surface area contributed by atoms with Crippen LogP contribution in [0.1, 0.15) is 59.3 Å². The second kappa shape index (κ2) is 11.3. The molecule has 12 heteroatoms. The maximum Gasteiger partial charge on any atom is 0.281 e. The molecule has 1 atom stereocenters. The Bertz CT molecular complexity index is 1500. The van der Waals surface area contributed by atoms with Crippen LogP contribution < -0.4 is 15.0 Å². The van der Waals surface area contributed by atoms with Crippen molar-refractivity contribution in [3.63, 3.8) is 0 Å². The van der Waals surface area contributed by atoms with Crippen LogP contribution in [0.4, 0.5) is 23.2 Å². The summed E-state index contributed by atoms with van der Waals surface area (Å²) in [5.41, 5.74) is -3.55. The van der Waals surface area contributed by atoms with E-state index in [1.165, 1.54) is 30.2 Å². The lowest BCUT2D eigenvalue weighted by atomic mass is 9.85. The number of alkyl halides is 2. The van der Waals surface area contributed by atoms with Crippen LogP contribution in [-0.2, 0) is 10.4 Å². The molecular formula is C29H26ClF4N3O4. The van der Waals surface area contributed by atoms with Crippen LogP contribution in [0, 0.1) is 17.6 Å². The first-order valence-corrected chi connectivity index (χ1v) is 13.3. The van der Waals surface area contributed by atoms with Crippen molar-refractivity contribution < 1.29 is 37.0 Å². The number of ether oxygens (including phenoxy) is 1. The van der Waals surface area contributed by atoms with Gasteiger partial charge in [-0.25, -0.2) is 17.6 Å². The molecule has 2 heterocycles. The number of nitrogens with one attached hydrogen (secondary N) is 1. The lowest BCUT2D eigenvalue weighted by molar-refractivity contribution is -0.132. The van der Waals surface area contributed by atoms with Crippen LogP contribution >= 0.6 is 11.6 Å².